The molecule has 7 heteroatoms. The first-order chi connectivity index (χ1) is 13.5. The summed E-state index contributed by atoms with van der Waals surface area (Å²) in [5.74, 6) is 0.294. The van der Waals surface area contributed by atoms with Crippen molar-refractivity contribution >= 4 is 22.8 Å². The molecule has 0 spiro atoms. The van der Waals surface area contributed by atoms with Crippen LogP contribution in [0.15, 0.2) is 27.4 Å². The minimum absolute atomic E-state index is 0.110. The van der Waals surface area contributed by atoms with E-state index in [2.05, 4.69) is 10.1 Å². The molecule has 152 valence electrons. The summed E-state index contributed by atoms with van der Waals surface area (Å²) >= 11 is 0. The Labute approximate surface area is 164 Å². The average molecular weight is 389 g/mol. The van der Waals surface area contributed by atoms with Crippen LogP contribution in [0.1, 0.15) is 43.2 Å². The summed E-state index contributed by atoms with van der Waals surface area (Å²) in [5.41, 5.74) is 1.39. The predicted octanol–water partition coefficient (Wildman–Crippen LogP) is 2.89. The molecular weight excluding hydrogens is 362 g/mol. The van der Waals surface area contributed by atoms with E-state index in [0.29, 0.717) is 36.3 Å². The molecule has 2 rings (SSSR count). The number of benzene rings is 1. The van der Waals surface area contributed by atoms with E-state index in [0.717, 1.165) is 30.2 Å². The van der Waals surface area contributed by atoms with Gasteiger partial charge in [-0.25, -0.2) is 4.79 Å². The molecule has 1 amide bonds. The van der Waals surface area contributed by atoms with Gasteiger partial charge < -0.3 is 19.2 Å². The van der Waals surface area contributed by atoms with Crippen LogP contribution in [-0.4, -0.2) is 32.6 Å². The third-order valence-corrected chi connectivity index (χ3v) is 4.70. The van der Waals surface area contributed by atoms with Crippen LogP contribution >= 0.6 is 0 Å². The lowest BCUT2D eigenvalue weighted by Gasteiger charge is -2.09. The minimum Gasteiger partial charge on any atom is -0.497 e. The van der Waals surface area contributed by atoms with E-state index in [4.69, 9.17) is 9.15 Å². The number of nitrogens with one attached hydrogen (secondary N) is 1. The van der Waals surface area contributed by atoms with Crippen molar-refractivity contribution in [3.63, 3.8) is 0 Å². The van der Waals surface area contributed by atoms with Crippen LogP contribution in [0.4, 0.5) is 0 Å². The molecule has 0 aliphatic heterocycles. The maximum atomic E-state index is 12.3. The summed E-state index contributed by atoms with van der Waals surface area (Å²) < 4.78 is 15.1. The lowest BCUT2D eigenvalue weighted by Crippen LogP contribution is -2.25. The monoisotopic (exact) mass is 389 g/mol. The summed E-state index contributed by atoms with van der Waals surface area (Å²) in [4.78, 5) is 35.4. The van der Waals surface area contributed by atoms with Crippen molar-refractivity contribution in [1.29, 1.82) is 0 Å². The number of hydrogen-bond acceptors (Lipinski definition) is 6. The van der Waals surface area contributed by atoms with Crippen molar-refractivity contribution in [1.82, 2.24) is 5.32 Å². The second kappa shape index (κ2) is 10.5. The molecule has 7 nitrogen and oxygen atoms in total. The van der Waals surface area contributed by atoms with Crippen LogP contribution in [0.3, 0.4) is 0 Å². The molecule has 28 heavy (non-hydrogen) atoms. The summed E-state index contributed by atoms with van der Waals surface area (Å²) in [6.45, 7) is 2.41. The van der Waals surface area contributed by atoms with Gasteiger partial charge in [-0.2, -0.15) is 0 Å². The largest absolute Gasteiger partial charge is 0.497 e. The Morgan fingerprint density at radius 1 is 1.11 bits per heavy atom. The predicted molar refractivity (Wildman–Crippen MR) is 106 cm³/mol. The Balaban J connectivity index is 1.85. The topological polar surface area (TPSA) is 94.8 Å². The number of hydrogen-bond donors (Lipinski definition) is 1. The van der Waals surface area contributed by atoms with Gasteiger partial charge >= 0.3 is 11.6 Å². The molecule has 1 N–H and O–H groups in total. The minimum atomic E-state index is -0.422. The Bertz CT molecular complexity index is 886. The van der Waals surface area contributed by atoms with Gasteiger partial charge in [-0.05, 0) is 43.9 Å². The number of carbonyl (C=O) groups excluding carboxylic acids is 2. The molecule has 1 heterocycles. The van der Waals surface area contributed by atoms with Crippen LogP contribution in [0.25, 0.3) is 11.0 Å². The molecule has 0 radical (unpaired) electrons. The molecule has 0 bridgehead atoms. The third kappa shape index (κ3) is 5.84. The van der Waals surface area contributed by atoms with E-state index in [9.17, 15) is 14.4 Å². The van der Waals surface area contributed by atoms with Crippen LogP contribution < -0.4 is 15.7 Å². The van der Waals surface area contributed by atoms with Gasteiger partial charge in [-0.15, -0.1) is 0 Å². The Morgan fingerprint density at radius 2 is 1.89 bits per heavy atom. The first-order valence-corrected chi connectivity index (χ1v) is 9.40. The first-order valence-electron chi connectivity index (χ1n) is 9.40. The zero-order valence-electron chi connectivity index (χ0n) is 16.6. The van der Waals surface area contributed by atoms with Gasteiger partial charge in [0.05, 0.1) is 14.2 Å². The van der Waals surface area contributed by atoms with E-state index in [1.807, 2.05) is 19.1 Å². The Kier molecular flexibility index (Phi) is 8.04. The zero-order valence-corrected chi connectivity index (χ0v) is 16.6. The lowest BCUT2D eigenvalue weighted by atomic mass is 10.0. The van der Waals surface area contributed by atoms with Crippen molar-refractivity contribution in [2.75, 3.05) is 20.8 Å². The van der Waals surface area contributed by atoms with Gasteiger partial charge in [-0.3, -0.25) is 9.59 Å². The van der Waals surface area contributed by atoms with Crippen LogP contribution in [-0.2, 0) is 20.7 Å². The fourth-order valence-electron chi connectivity index (χ4n) is 3.02. The van der Waals surface area contributed by atoms with E-state index in [1.54, 1.807) is 13.2 Å². The molecule has 0 atom stereocenters. The third-order valence-electron chi connectivity index (χ3n) is 4.70. The lowest BCUT2D eigenvalue weighted by molar-refractivity contribution is -0.140. The average Bonchev–Trinajstić information content (AvgIpc) is 2.69. The molecule has 0 aliphatic carbocycles. The van der Waals surface area contributed by atoms with Gasteiger partial charge in [0.15, 0.2) is 0 Å². The van der Waals surface area contributed by atoms with Crippen LogP contribution in [0.2, 0.25) is 0 Å². The molecule has 0 saturated carbocycles. The van der Waals surface area contributed by atoms with E-state index >= 15 is 0 Å². The number of aryl methyl sites for hydroxylation is 1. The highest BCUT2D eigenvalue weighted by atomic mass is 16.5. The smallest absolute Gasteiger partial charge is 0.339 e. The van der Waals surface area contributed by atoms with Crippen LogP contribution in [0, 0.1) is 6.92 Å². The van der Waals surface area contributed by atoms with Gasteiger partial charge in [0.1, 0.15) is 11.3 Å². The molecule has 0 aliphatic rings. The molecule has 0 fully saturated rings. The van der Waals surface area contributed by atoms with Crippen molar-refractivity contribution < 1.29 is 23.5 Å². The normalized spacial score (nSPS) is 10.7. The van der Waals surface area contributed by atoms with Crippen molar-refractivity contribution in [2.45, 2.75) is 45.4 Å². The van der Waals surface area contributed by atoms with Gasteiger partial charge in [0.25, 0.3) is 0 Å². The standard InChI is InChI=1S/C21H27NO6/c1-14-16-9-8-15(26-2)13-18(16)28-21(25)17(14)10-11-19(23)22-12-6-4-5-7-20(24)27-3/h8-9,13H,4-7,10-12H2,1-3H3,(H,22,23). The highest BCUT2D eigenvalue weighted by Gasteiger charge is 2.13. The van der Waals surface area contributed by atoms with Crippen LogP contribution in [0.5, 0.6) is 5.75 Å². The quantitative estimate of drug-likeness (QED) is 0.381. The fourth-order valence-corrected chi connectivity index (χ4v) is 3.02. The zero-order chi connectivity index (χ0) is 20.5. The summed E-state index contributed by atoms with van der Waals surface area (Å²) in [6, 6.07) is 5.34. The molecule has 0 saturated heterocycles. The van der Waals surface area contributed by atoms with Gasteiger partial charge in [0, 0.05) is 36.4 Å². The number of esters is 1. The second-order valence-electron chi connectivity index (χ2n) is 6.59. The Morgan fingerprint density at radius 3 is 2.61 bits per heavy atom. The maximum Gasteiger partial charge on any atom is 0.339 e. The van der Waals surface area contributed by atoms with E-state index < -0.39 is 5.63 Å². The Hall–Kier alpha value is -2.83. The number of amides is 1. The molecule has 1 aromatic carbocycles. The van der Waals surface area contributed by atoms with Crippen molar-refractivity contribution in [2.24, 2.45) is 0 Å². The number of fused-ring (bicyclic) bond motifs is 1. The highest BCUT2D eigenvalue weighted by Crippen LogP contribution is 2.24. The number of rotatable bonds is 10. The molecular formula is C21H27NO6. The molecule has 2 aromatic rings. The SMILES string of the molecule is COC(=O)CCCCCNC(=O)CCc1c(C)c2ccc(OC)cc2oc1=O. The van der Waals surface area contributed by atoms with Crippen molar-refractivity contribution in [3.8, 4) is 5.75 Å². The summed E-state index contributed by atoms with van der Waals surface area (Å²) in [6.07, 6.45) is 3.31. The van der Waals surface area contributed by atoms with Crippen molar-refractivity contribution in [3.05, 3.63) is 39.7 Å². The second-order valence-corrected chi connectivity index (χ2v) is 6.59. The molecule has 0 unspecified atom stereocenters. The summed E-state index contributed by atoms with van der Waals surface area (Å²) in [5, 5.41) is 3.68. The number of unbranched alkanes of at least 4 members (excludes halogenated alkanes) is 2. The van der Waals surface area contributed by atoms with E-state index in [-0.39, 0.29) is 18.3 Å². The fraction of sp³-hybridized carbons (Fsp3) is 0.476. The number of methoxy groups -OCH3 is 2. The summed E-state index contributed by atoms with van der Waals surface area (Å²) in [7, 11) is 2.93. The molecule has 1 aromatic heterocycles. The maximum absolute atomic E-state index is 12.3. The number of ether oxygens (including phenoxy) is 2. The number of carbonyl (C=O) groups is 2. The van der Waals surface area contributed by atoms with Gasteiger partial charge in [-0.1, -0.05) is 6.42 Å². The van der Waals surface area contributed by atoms with Gasteiger partial charge in [0.2, 0.25) is 5.91 Å². The van der Waals surface area contributed by atoms with E-state index in [1.165, 1.54) is 7.11 Å². The highest BCUT2D eigenvalue weighted by molar-refractivity contribution is 5.82. The first kappa shape index (κ1) is 21.5.